The normalized spacial score (nSPS) is 11.7. The molecule has 1 amide bonds. The van der Waals surface area contributed by atoms with Gasteiger partial charge >= 0.3 is 5.97 Å². The number of nitrogens with one attached hydrogen (secondary N) is 1. The van der Waals surface area contributed by atoms with Gasteiger partial charge in [0.2, 0.25) is 5.91 Å². The van der Waals surface area contributed by atoms with E-state index in [0.717, 1.165) is 29.7 Å². The van der Waals surface area contributed by atoms with Crippen LogP contribution in [0.4, 0.5) is 0 Å². The van der Waals surface area contributed by atoms with E-state index >= 15 is 0 Å². The zero-order valence-electron chi connectivity index (χ0n) is 22.6. The van der Waals surface area contributed by atoms with Crippen molar-refractivity contribution in [2.24, 2.45) is 0 Å². The molecule has 8 heteroatoms. The largest absolute Gasteiger partial charge is 0.493 e. The van der Waals surface area contributed by atoms with E-state index in [-0.39, 0.29) is 24.8 Å². The van der Waals surface area contributed by atoms with Crippen LogP contribution in [-0.4, -0.2) is 48.6 Å². The Hall–Kier alpha value is -3.55. The molecule has 0 aliphatic rings. The third kappa shape index (κ3) is 10.3. The zero-order valence-corrected chi connectivity index (χ0v) is 23.3. The SMILES string of the molecule is COc1cc(CC(=O)NCCCN(CCCC(=O)O)C(C)c2ccc(Cl)cc2)ccc1OCc1ccccc1. The first-order valence-corrected chi connectivity index (χ1v) is 13.5. The number of carboxylic acids is 1. The molecule has 208 valence electrons. The molecular formula is C31H37ClN2O5. The molecule has 0 saturated heterocycles. The van der Waals surface area contributed by atoms with Crippen LogP contribution in [0.25, 0.3) is 0 Å². The molecule has 0 radical (unpaired) electrons. The van der Waals surface area contributed by atoms with Gasteiger partial charge in [-0.1, -0.05) is 60.1 Å². The van der Waals surface area contributed by atoms with Gasteiger partial charge in [-0.25, -0.2) is 0 Å². The molecule has 0 saturated carbocycles. The van der Waals surface area contributed by atoms with Crippen molar-refractivity contribution in [1.29, 1.82) is 0 Å². The molecule has 39 heavy (non-hydrogen) atoms. The van der Waals surface area contributed by atoms with Crippen molar-refractivity contribution in [3.63, 3.8) is 0 Å². The van der Waals surface area contributed by atoms with Crippen LogP contribution in [0.3, 0.4) is 0 Å². The Bertz CT molecular complexity index is 1190. The molecule has 1 atom stereocenters. The number of aliphatic carboxylic acids is 1. The van der Waals surface area contributed by atoms with Crippen molar-refractivity contribution < 1.29 is 24.2 Å². The van der Waals surface area contributed by atoms with Crippen LogP contribution < -0.4 is 14.8 Å². The van der Waals surface area contributed by atoms with Crippen LogP contribution in [-0.2, 0) is 22.6 Å². The van der Waals surface area contributed by atoms with Gasteiger partial charge < -0.3 is 19.9 Å². The highest BCUT2D eigenvalue weighted by Gasteiger charge is 2.16. The summed E-state index contributed by atoms with van der Waals surface area (Å²) in [6.07, 6.45) is 1.66. The topological polar surface area (TPSA) is 88.1 Å². The molecule has 2 N–H and O–H groups in total. The van der Waals surface area contributed by atoms with E-state index in [4.69, 9.17) is 26.2 Å². The van der Waals surface area contributed by atoms with Gasteiger partial charge in [-0.05, 0) is 67.3 Å². The van der Waals surface area contributed by atoms with Crippen molar-refractivity contribution in [1.82, 2.24) is 10.2 Å². The summed E-state index contributed by atoms with van der Waals surface area (Å²) < 4.78 is 11.4. The van der Waals surface area contributed by atoms with E-state index in [1.54, 1.807) is 7.11 Å². The third-order valence-corrected chi connectivity index (χ3v) is 6.76. The van der Waals surface area contributed by atoms with Gasteiger partial charge in [-0.3, -0.25) is 14.5 Å². The Kier molecular flexibility index (Phi) is 12.1. The number of carboxylic acid groups (broad SMARTS) is 1. The molecular weight excluding hydrogens is 516 g/mol. The van der Waals surface area contributed by atoms with Crippen molar-refractivity contribution >= 4 is 23.5 Å². The van der Waals surface area contributed by atoms with Crippen LogP contribution >= 0.6 is 11.6 Å². The first kappa shape index (κ1) is 30.0. The quantitative estimate of drug-likeness (QED) is 0.215. The fourth-order valence-electron chi connectivity index (χ4n) is 4.32. The average Bonchev–Trinajstić information content (AvgIpc) is 2.94. The van der Waals surface area contributed by atoms with Gasteiger partial charge in [-0.15, -0.1) is 0 Å². The van der Waals surface area contributed by atoms with Crippen molar-refractivity contribution in [2.45, 2.75) is 45.3 Å². The monoisotopic (exact) mass is 552 g/mol. The number of benzene rings is 3. The predicted octanol–water partition coefficient (Wildman–Crippen LogP) is 5.90. The second-order valence-electron chi connectivity index (χ2n) is 9.40. The van der Waals surface area contributed by atoms with Crippen molar-refractivity contribution in [2.75, 3.05) is 26.7 Å². The molecule has 3 rings (SSSR count). The predicted molar refractivity (Wildman–Crippen MR) is 153 cm³/mol. The summed E-state index contributed by atoms with van der Waals surface area (Å²) in [5, 5.41) is 12.7. The number of hydrogen-bond acceptors (Lipinski definition) is 5. The van der Waals surface area contributed by atoms with Crippen molar-refractivity contribution in [3.8, 4) is 11.5 Å². The number of methoxy groups -OCH3 is 1. The fourth-order valence-corrected chi connectivity index (χ4v) is 4.44. The second kappa shape index (κ2) is 15.8. The molecule has 7 nitrogen and oxygen atoms in total. The van der Waals surface area contributed by atoms with Crippen LogP contribution in [0, 0.1) is 0 Å². The Morgan fingerprint density at radius 1 is 0.949 bits per heavy atom. The lowest BCUT2D eigenvalue weighted by Crippen LogP contribution is -2.33. The molecule has 0 aliphatic heterocycles. The number of halogens is 1. The highest BCUT2D eigenvalue weighted by Crippen LogP contribution is 2.29. The molecule has 0 aliphatic carbocycles. The standard InChI is InChI=1S/C31H37ClN2O5/c1-23(26-12-14-27(32)15-13-26)34(18-6-10-31(36)37)19-7-17-33-30(35)21-25-11-16-28(29(20-25)38-2)39-22-24-8-4-3-5-9-24/h3-5,8-9,11-16,20,23H,6-7,10,17-19,21-22H2,1-2H3,(H,33,35)(H,36,37). The van der Waals surface area contributed by atoms with E-state index in [1.165, 1.54) is 0 Å². The minimum absolute atomic E-state index is 0.0711. The zero-order chi connectivity index (χ0) is 28.0. The number of nitrogens with zero attached hydrogens (tertiary/aromatic N) is 1. The number of rotatable bonds is 16. The maximum Gasteiger partial charge on any atom is 0.303 e. The van der Waals surface area contributed by atoms with Crippen LogP contribution in [0.2, 0.25) is 5.02 Å². The molecule has 0 aromatic heterocycles. The van der Waals surface area contributed by atoms with Gasteiger partial charge in [0.1, 0.15) is 6.61 Å². The lowest BCUT2D eigenvalue weighted by Gasteiger charge is -2.29. The number of carbonyl (C=O) groups excluding carboxylic acids is 1. The highest BCUT2D eigenvalue weighted by atomic mass is 35.5. The molecule has 3 aromatic carbocycles. The molecule has 3 aromatic rings. The molecule has 0 spiro atoms. The Morgan fingerprint density at radius 2 is 1.67 bits per heavy atom. The van der Waals surface area contributed by atoms with Gasteiger partial charge in [0, 0.05) is 30.6 Å². The summed E-state index contributed by atoms with van der Waals surface area (Å²) in [6.45, 7) is 4.44. The average molecular weight is 553 g/mol. The van der Waals surface area contributed by atoms with Crippen molar-refractivity contribution in [3.05, 3.63) is 94.5 Å². The highest BCUT2D eigenvalue weighted by molar-refractivity contribution is 6.30. The summed E-state index contributed by atoms with van der Waals surface area (Å²) in [7, 11) is 1.59. The molecule has 0 fully saturated rings. The molecule has 0 heterocycles. The van der Waals surface area contributed by atoms with Gasteiger partial charge in [0.05, 0.1) is 13.5 Å². The summed E-state index contributed by atoms with van der Waals surface area (Å²) in [5.41, 5.74) is 3.01. The van der Waals surface area contributed by atoms with E-state index in [9.17, 15) is 9.59 Å². The lowest BCUT2D eigenvalue weighted by atomic mass is 10.1. The Labute approximate surface area is 235 Å². The van der Waals surface area contributed by atoms with Crippen LogP contribution in [0.1, 0.15) is 48.9 Å². The molecule has 1 unspecified atom stereocenters. The van der Waals surface area contributed by atoms with Crippen LogP contribution in [0.5, 0.6) is 11.5 Å². The van der Waals surface area contributed by atoms with E-state index < -0.39 is 5.97 Å². The third-order valence-electron chi connectivity index (χ3n) is 6.51. The van der Waals surface area contributed by atoms with E-state index in [1.807, 2.05) is 72.8 Å². The van der Waals surface area contributed by atoms with Gasteiger partial charge in [0.25, 0.3) is 0 Å². The lowest BCUT2D eigenvalue weighted by molar-refractivity contribution is -0.137. The summed E-state index contributed by atoms with van der Waals surface area (Å²) in [6, 6.07) is 23.2. The first-order chi connectivity index (χ1) is 18.9. The Morgan fingerprint density at radius 3 is 2.36 bits per heavy atom. The van der Waals surface area contributed by atoms with Gasteiger partial charge in [-0.2, -0.15) is 0 Å². The number of carbonyl (C=O) groups is 2. The maximum atomic E-state index is 12.6. The fraction of sp³-hybridized carbons (Fsp3) is 0.355. The smallest absolute Gasteiger partial charge is 0.303 e. The van der Waals surface area contributed by atoms with E-state index in [2.05, 4.69) is 17.1 Å². The second-order valence-corrected chi connectivity index (χ2v) is 9.84. The maximum absolute atomic E-state index is 12.6. The first-order valence-electron chi connectivity index (χ1n) is 13.2. The van der Waals surface area contributed by atoms with E-state index in [0.29, 0.717) is 42.6 Å². The summed E-state index contributed by atoms with van der Waals surface area (Å²) in [5.74, 6) is 0.347. The number of hydrogen-bond donors (Lipinski definition) is 2. The molecule has 0 bridgehead atoms. The number of ether oxygens (including phenoxy) is 2. The number of amides is 1. The van der Waals surface area contributed by atoms with Crippen LogP contribution in [0.15, 0.2) is 72.8 Å². The Balaban J connectivity index is 1.48. The summed E-state index contributed by atoms with van der Waals surface area (Å²) in [4.78, 5) is 25.9. The van der Waals surface area contributed by atoms with Gasteiger partial charge in [0.15, 0.2) is 11.5 Å². The minimum Gasteiger partial charge on any atom is -0.493 e. The minimum atomic E-state index is -0.797. The summed E-state index contributed by atoms with van der Waals surface area (Å²) >= 11 is 6.03.